The first-order chi connectivity index (χ1) is 14.3. The second kappa shape index (κ2) is 10.9. The predicted molar refractivity (Wildman–Crippen MR) is 122 cm³/mol. The Balaban J connectivity index is 0.00000136. The molecular weight excluding hydrogens is 605 g/mol. The van der Waals surface area contributed by atoms with Gasteiger partial charge in [-0.3, -0.25) is 0 Å². The van der Waals surface area contributed by atoms with Crippen LogP contribution in [0.15, 0.2) is 115 Å². The zero-order chi connectivity index (χ0) is 19.6. The Hall–Kier alpha value is -1.50. The van der Waals surface area contributed by atoms with E-state index in [4.69, 9.17) is 0 Å². The van der Waals surface area contributed by atoms with Crippen molar-refractivity contribution < 1.29 is 49.2 Å². The van der Waals surface area contributed by atoms with E-state index in [1.54, 1.807) is 5.31 Å². The van der Waals surface area contributed by atoms with Gasteiger partial charge in [0.25, 0.3) is 0 Å². The van der Waals surface area contributed by atoms with Crippen molar-refractivity contribution in [3.63, 3.8) is 0 Å². The van der Waals surface area contributed by atoms with E-state index in [9.17, 15) is 0 Å². The summed E-state index contributed by atoms with van der Waals surface area (Å²) in [7, 11) is -0.523. The maximum atomic E-state index is 2.51. The fraction of sp³-hybridized carbons (Fsp3) is 0.0370. The van der Waals surface area contributed by atoms with Crippen LogP contribution in [0.3, 0.4) is 0 Å². The van der Waals surface area contributed by atoms with Gasteiger partial charge in [-0.1, -0.05) is 0 Å². The Labute approximate surface area is 213 Å². The number of hydrogen-bond acceptors (Lipinski definition) is 0. The molecule has 151 valence electrons. The van der Waals surface area contributed by atoms with Crippen LogP contribution in [-0.2, 0) is 24.4 Å². The van der Waals surface area contributed by atoms with Crippen LogP contribution in [0.5, 0.6) is 0 Å². The molecule has 1 atom stereocenters. The number of benzene rings is 4. The molecule has 0 spiro atoms. The van der Waals surface area contributed by atoms with Crippen molar-refractivity contribution in [1.29, 1.82) is 0 Å². The molecule has 4 aromatic rings. The van der Waals surface area contributed by atoms with Crippen molar-refractivity contribution >= 4 is 24.6 Å². The zero-order valence-corrected chi connectivity index (χ0v) is 22.7. The van der Waals surface area contributed by atoms with Gasteiger partial charge in [0, 0.05) is 0 Å². The molecule has 0 saturated carbocycles. The predicted octanol–water partition coefficient (Wildman–Crippen LogP) is 0.437. The summed E-state index contributed by atoms with van der Waals surface area (Å²) in [5, 5.41) is 4.48. The standard InChI is InChI=1S/C27H20P.2ClH.Hf/c1-4-11-21(12-5-1)26-18-10-13-22-19-25(20-27(22)26)28(23-14-6-2-7-15-23)24-16-8-3-9-17-24;;;/h1-20H;2*1H;/q;;;+2/p-2. The number of allylic oxidation sites excluding steroid dienone is 1. The second-order valence-corrected chi connectivity index (χ2v) is 11.5. The van der Waals surface area contributed by atoms with E-state index in [-0.39, 0.29) is 24.8 Å². The van der Waals surface area contributed by atoms with Gasteiger partial charge in [0.15, 0.2) is 0 Å². The first-order valence-corrected chi connectivity index (χ1v) is 13.3. The molecule has 1 aliphatic rings. The van der Waals surface area contributed by atoms with E-state index in [1.165, 1.54) is 32.9 Å². The Morgan fingerprint density at radius 3 is 1.65 bits per heavy atom. The van der Waals surface area contributed by atoms with Crippen LogP contribution in [-0.4, -0.2) is 0 Å². The minimum absolute atomic E-state index is 0. The molecule has 0 radical (unpaired) electrons. The van der Waals surface area contributed by atoms with E-state index in [2.05, 4.69) is 115 Å². The van der Waals surface area contributed by atoms with E-state index in [0.29, 0.717) is 3.67 Å². The molecule has 4 aromatic carbocycles. The van der Waals surface area contributed by atoms with E-state index < -0.39 is 7.92 Å². The fourth-order valence-corrected chi connectivity index (χ4v) is 9.14. The first kappa shape index (κ1) is 24.1. The van der Waals surface area contributed by atoms with Gasteiger partial charge in [0.2, 0.25) is 0 Å². The fourth-order valence-electron chi connectivity index (χ4n) is 4.05. The molecule has 1 aliphatic carbocycles. The van der Waals surface area contributed by atoms with Crippen molar-refractivity contribution in [2.24, 2.45) is 0 Å². The molecular formula is C27H20Cl2HfP. The molecule has 1 unspecified atom stereocenters. The van der Waals surface area contributed by atoms with Gasteiger partial charge < -0.3 is 24.8 Å². The van der Waals surface area contributed by atoms with Gasteiger partial charge in [-0.05, 0) is 0 Å². The Kier molecular flexibility index (Phi) is 8.48. The Morgan fingerprint density at radius 1 is 0.581 bits per heavy atom. The van der Waals surface area contributed by atoms with Gasteiger partial charge in [-0.2, -0.15) is 0 Å². The maximum absolute atomic E-state index is 2.51. The SMILES string of the molecule is [Cl-].[Cl-].[Hf+2][CH]1C(P(c2ccccc2)c2ccccc2)=Cc2c(-c3ccccc3)cccc21. The van der Waals surface area contributed by atoms with Gasteiger partial charge >= 0.3 is 189 Å². The van der Waals surface area contributed by atoms with Crippen LogP contribution in [0.1, 0.15) is 14.8 Å². The van der Waals surface area contributed by atoms with Crippen molar-refractivity contribution in [2.45, 2.75) is 3.67 Å². The second-order valence-electron chi connectivity index (χ2n) is 7.18. The molecule has 0 nitrogen and oxygen atoms in total. The van der Waals surface area contributed by atoms with Crippen LogP contribution in [0, 0.1) is 0 Å². The summed E-state index contributed by atoms with van der Waals surface area (Å²) in [5.41, 5.74) is 5.59. The van der Waals surface area contributed by atoms with Crippen LogP contribution in [0.25, 0.3) is 17.2 Å². The summed E-state index contributed by atoms with van der Waals surface area (Å²) in [5.74, 6) is 0. The summed E-state index contributed by atoms with van der Waals surface area (Å²) >= 11 is 1.12. The molecule has 0 fully saturated rings. The average Bonchev–Trinajstić information content (AvgIpc) is 3.12. The number of halogens is 2. The monoisotopic (exact) mass is 625 g/mol. The topological polar surface area (TPSA) is 0 Å². The molecule has 4 heteroatoms. The normalized spacial score (nSPS) is 14.3. The summed E-state index contributed by atoms with van der Waals surface area (Å²) in [6, 6.07) is 39.8. The molecule has 0 saturated heterocycles. The Morgan fingerprint density at radius 2 is 1.10 bits per heavy atom. The summed E-state index contributed by atoms with van der Waals surface area (Å²) < 4.78 is 0.556. The first-order valence-electron chi connectivity index (χ1n) is 9.84. The molecule has 0 aromatic heterocycles. The van der Waals surface area contributed by atoms with Crippen LogP contribution < -0.4 is 35.4 Å². The summed E-state index contributed by atoms with van der Waals surface area (Å²) in [4.78, 5) is 0. The van der Waals surface area contributed by atoms with Crippen molar-refractivity contribution in [1.82, 2.24) is 0 Å². The molecule has 0 amide bonds. The van der Waals surface area contributed by atoms with Gasteiger partial charge in [-0.25, -0.2) is 0 Å². The van der Waals surface area contributed by atoms with Crippen LogP contribution in [0.4, 0.5) is 0 Å². The van der Waals surface area contributed by atoms with Gasteiger partial charge in [0.1, 0.15) is 0 Å². The number of fused-ring (bicyclic) bond motifs is 1. The summed E-state index contributed by atoms with van der Waals surface area (Å²) in [6.45, 7) is 0. The zero-order valence-electron chi connectivity index (χ0n) is 16.8. The number of hydrogen-bond donors (Lipinski definition) is 0. The van der Waals surface area contributed by atoms with Crippen molar-refractivity contribution in [3.8, 4) is 11.1 Å². The molecule has 0 bridgehead atoms. The van der Waals surface area contributed by atoms with E-state index in [1.807, 2.05) is 0 Å². The molecule has 0 N–H and O–H groups in total. The van der Waals surface area contributed by atoms with Crippen LogP contribution in [0.2, 0.25) is 0 Å². The molecule has 0 heterocycles. The van der Waals surface area contributed by atoms with E-state index in [0.717, 1.165) is 24.4 Å². The molecule has 5 rings (SSSR count). The van der Waals surface area contributed by atoms with Crippen molar-refractivity contribution in [3.05, 3.63) is 126 Å². The molecule has 0 aliphatic heterocycles. The molecule has 31 heavy (non-hydrogen) atoms. The van der Waals surface area contributed by atoms with Gasteiger partial charge in [0.05, 0.1) is 0 Å². The van der Waals surface area contributed by atoms with Crippen LogP contribution >= 0.6 is 7.92 Å². The average molecular weight is 625 g/mol. The third-order valence-corrected chi connectivity index (χ3v) is 11.1. The Bertz CT molecular complexity index is 1120. The van der Waals surface area contributed by atoms with Gasteiger partial charge in [-0.15, -0.1) is 0 Å². The van der Waals surface area contributed by atoms with Crippen molar-refractivity contribution in [2.75, 3.05) is 0 Å². The number of rotatable bonds is 4. The summed E-state index contributed by atoms with van der Waals surface area (Å²) in [6.07, 6.45) is 2.51. The third kappa shape index (κ3) is 4.81. The minimum atomic E-state index is -0.523. The third-order valence-electron chi connectivity index (χ3n) is 5.41. The quantitative estimate of drug-likeness (QED) is 0.229. The van der Waals surface area contributed by atoms with E-state index >= 15 is 0 Å².